The molecular weight excluding hydrogens is 278 g/mol. The lowest BCUT2D eigenvalue weighted by Crippen LogP contribution is -2.21. The van der Waals surface area contributed by atoms with Crippen LogP contribution in [0.25, 0.3) is 0 Å². The Labute approximate surface area is 112 Å². The Kier molecular flexibility index (Phi) is 3.71. The van der Waals surface area contributed by atoms with Crippen molar-refractivity contribution in [1.82, 2.24) is 9.97 Å². The molecule has 0 spiro atoms. The predicted molar refractivity (Wildman–Crippen MR) is 74.3 cm³/mol. The van der Waals surface area contributed by atoms with Crippen LogP contribution in [0.4, 0.5) is 5.82 Å². The topological polar surface area (TPSA) is 37.8 Å². The highest BCUT2D eigenvalue weighted by molar-refractivity contribution is 9.10. The quantitative estimate of drug-likeness (QED) is 0.898. The fraction of sp³-hybridized carbons (Fsp3) is 0.692. The molecule has 1 aliphatic carbocycles. The lowest BCUT2D eigenvalue weighted by atomic mass is 9.73. The predicted octanol–water partition coefficient (Wildman–Crippen LogP) is 3.96. The van der Waals surface area contributed by atoms with E-state index in [0.29, 0.717) is 11.3 Å². The molecule has 94 valence electrons. The summed E-state index contributed by atoms with van der Waals surface area (Å²) in [5, 5.41) is 3.09. The number of hydrogen-bond donors (Lipinski definition) is 1. The molecule has 0 atom stereocenters. The Balaban J connectivity index is 2.13. The van der Waals surface area contributed by atoms with Crippen LogP contribution in [-0.4, -0.2) is 17.0 Å². The minimum Gasteiger partial charge on any atom is -0.372 e. The second kappa shape index (κ2) is 4.92. The SMILES string of the molecule is CNc1nc(C2CCC(C)(C)CC2)ncc1Br. The van der Waals surface area contributed by atoms with Crippen LogP contribution in [0.3, 0.4) is 0 Å². The molecule has 2 rings (SSSR count). The van der Waals surface area contributed by atoms with Crippen molar-refractivity contribution in [1.29, 1.82) is 0 Å². The van der Waals surface area contributed by atoms with Crippen LogP contribution < -0.4 is 5.32 Å². The molecule has 1 aromatic heterocycles. The third-order valence-electron chi connectivity index (χ3n) is 3.70. The van der Waals surface area contributed by atoms with E-state index in [2.05, 4.69) is 45.1 Å². The first-order valence-electron chi connectivity index (χ1n) is 6.22. The highest BCUT2D eigenvalue weighted by atomic mass is 79.9. The van der Waals surface area contributed by atoms with Gasteiger partial charge in [0.05, 0.1) is 4.47 Å². The minimum absolute atomic E-state index is 0.498. The second-order valence-corrected chi connectivity index (χ2v) is 6.47. The number of nitrogens with zero attached hydrogens (tertiary/aromatic N) is 2. The molecule has 0 saturated heterocycles. The van der Waals surface area contributed by atoms with Crippen LogP contribution in [0.2, 0.25) is 0 Å². The van der Waals surface area contributed by atoms with Gasteiger partial charge in [0.15, 0.2) is 0 Å². The van der Waals surface area contributed by atoms with E-state index in [9.17, 15) is 0 Å². The van der Waals surface area contributed by atoms with Crippen molar-refractivity contribution in [2.75, 3.05) is 12.4 Å². The average Bonchev–Trinajstić information content (AvgIpc) is 2.30. The van der Waals surface area contributed by atoms with E-state index in [1.807, 2.05) is 13.2 Å². The van der Waals surface area contributed by atoms with Crippen LogP contribution in [0.15, 0.2) is 10.7 Å². The Morgan fingerprint density at radius 1 is 1.35 bits per heavy atom. The van der Waals surface area contributed by atoms with Gasteiger partial charge in [-0.25, -0.2) is 9.97 Å². The maximum Gasteiger partial charge on any atom is 0.143 e. The molecular formula is C13H20BrN3. The molecule has 1 aromatic rings. The number of aromatic nitrogens is 2. The summed E-state index contributed by atoms with van der Waals surface area (Å²) >= 11 is 3.45. The van der Waals surface area contributed by atoms with Crippen molar-refractivity contribution in [3.8, 4) is 0 Å². The van der Waals surface area contributed by atoms with Gasteiger partial charge in [0, 0.05) is 19.2 Å². The molecule has 1 saturated carbocycles. The highest BCUT2D eigenvalue weighted by Gasteiger charge is 2.29. The molecule has 17 heavy (non-hydrogen) atoms. The monoisotopic (exact) mass is 297 g/mol. The van der Waals surface area contributed by atoms with Crippen molar-refractivity contribution in [2.45, 2.75) is 45.4 Å². The summed E-state index contributed by atoms with van der Waals surface area (Å²) in [7, 11) is 1.89. The first-order chi connectivity index (χ1) is 8.02. The summed E-state index contributed by atoms with van der Waals surface area (Å²) in [6, 6.07) is 0. The molecule has 1 aliphatic rings. The molecule has 0 aromatic carbocycles. The number of anilines is 1. The standard InChI is InChI=1S/C13H20BrN3/c1-13(2)6-4-9(5-7-13)11-16-8-10(14)12(15-3)17-11/h8-9H,4-7H2,1-3H3,(H,15,16,17). The molecule has 0 aliphatic heterocycles. The molecule has 1 fully saturated rings. The van der Waals surface area contributed by atoms with Crippen molar-refractivity contribution in [2.24, 2.45) is 5.41 Å². The maximum absolute atomic E-state index is 4.59. The van der Waals surface area contributed by atoms with Crippen molar-refractivity contribution >= 4 is 21.7 Å². The van der Waals surface area contributed by atoms with Gasteiger partial charge in [0.2, 0.25) is 0 Å². The van der Waals surface area contributed by atoms with E-state index >= 15 is 0 Å². The van der Waals surface area contributed by atoms with Gasteiger partial charge in [-0.15, -0.1) is 0 Å². The van der Waals surface area contributed by atoms with E-state index in [-0.39, 0.29) is 0 Å². The zero-order chi connectivity index (χ0) is 12.5. The third kappa shape index (κ3) is 2.97. The fourth-order valence-electron chi connectivity index (χ4n) is 2.41. The van der Waals surface area contributed by atoms with Gasteiger partial charge in [-0.3, -0.25) is 0 Å². The summed E-state index contributed by atoms with van der Waals surface area (Å²) in [6.45, 7) is 4.70. The first-order valence-corrected chi connectivity index (χ1v) is 7.01. The molecule has 3 nitrogen and oxygen atoms in total. The number of nitrogens with one attached hydrogen (secondary N) is 1. The van der Waals surface area contributed by atoms with E-state index in [1.54, 1.807) is 0 Å². The van der Waals surface area contributed by atoms with Gasteiger partial charge in [-0.2, -0.15) is 0 Å². The van der Waals surface area contributed by atoms with Crippen molar-refractivity contribution in [3.63, 3.8) is 0 Å². The number of halogens is 1. The van der Waals surface area contributed by atoms with Crippen LogP contribution in [0.1, 0.15) is 51.3 Å². The number of hydrogen-bond acceptors (Lipinski definition) is 3. The maximum atomic E-state index is 4.59. The van der Waals surface area contributed by atoms with Crippen LogP contribution >= 0.6 is 15.9 Å². The van der Waals surface area contributed by atoms with Crippen LogP contribution in [0, 0.1) is 5.41 Å². The lowest BCUT2D eigenvalue weighted by Gasteiger charge is -2.33. The van der Waals surface area contributed by atoms with Gasteiger partial charge in [-0.05, 0) is 47.0 Å². The summed E-state index contributed by atoms with van der Waals surface area (Å²) in [5.41, 5.74) is 0.498. The second-order valence-electron chi connectivity index (χ2n) is 5.61. The first kappa shape index (κ1) is 12.8. The van der Waals surface area contributed by atoms with Gasteiger partial charge in [0.1, 0.15) is 11.6 Å². The lowest BCUT2D eigenvalue weighted by molar-refractivity contribution is 0.221. The third-order valence-corrected chi connectivity index (χ3v) is 4.28. The van der Waals surface area contributed by atoms with E-state index in [1.165, 1.54) is 25.7 Å². The van der Waals surface area contributed by atoms with E-state index < -0.39 is 0 Å². The van der Waals surface area contributed by atoms with Crippen LogP contribution in [-0.2, 0) is 0 Å². The largest absolute Gasteiger partial charge is 0.372 e. The fourth-order valence-corrected chi connectivity index (χ4v) is 2.80. The summed E-state index contributed by atoms with van der Waals surface area (Å²) < 4.78 is 0.930. The van der Waals surface area contributed by atoms with Crippen LogP contribution in [0.5, 0.6) is 0 Å². The van der Waals surface area contributed by atoms with Crippen molar-refractivity contribution < 1.29 is 0 Å². The van der Waals surface area contributed by atoms with E-state index in [0.717, 1.165) is 16.1 Å². The molecule has 4 heteroatoms. The Hall–Kier alpha value is -0.640. The zero-order valence-electron chi connectivity index (χ0n) is 10.8. The Bertz CT molecular complexity index is 394. The smallest absolute Gasteiger partial charge is 0.143 e. The molecule has 1 heterocycles. The zero-order valence-corrected chi connectivity index (χ0v) is 12.3. The van der Waals surface area contributed by atoms with Gasteiger partial charge < -0.3 is 5.32 Å². The molecule has 0 bridgehead atoms. The van der Waals surface area contributed by atoms with Crippen molar-refractivity contribution in [3.05, 3.63) is 16.5 Å². The summed E-state index contributed by atoms with van der Waals surface area (Å²) in [6.07, 6.45) is 6.81. The van der Waals surface area contributed by atoms with Gasteiger partial charge in [-0.1, -0.05) is 13.8 Å². The summed E-state index contributed by atoms with van der Waals surface area (Å²) in [4.78, 5) is 9.05. The summed E-state index contributed by atoms with van der Waals surface area (Å²) in [5.74, 6) is 2.41. The average molecular weight is 298 g/mol. The Morgan fingerprint density at radius 3 is 2.59 bits per heavy atom. The molecule has 0 unspecified atom stereocenters. The number of rotatable bonds is 2. The van der Waals surface area contributed by atoms with Gasteiger partial charge in [0.25, 0.3) is 0 Å². The van der Waals surface area contributed by atoms with E-state index in [4.69, 9.17) is 0 Å². The molecule has 0 radical (unpaired) electrons. The van der Waals surface area contributed by atoms with Gasteiger partial charge >= 0.3 is 0 Å². The molecule has 0 amide bonds. The normalized spacial score (nSPS) is 20.2. The highest BCUT2D eigenvalue weighted by Crippen LogP contribution is 2.41. The molecule has 1 N–H and O–H groups in total. The Morgan fingerprint density at radius 2 is 2.00 bits per heavy atom. The minimum atomic E-state index is 0.498.